The van der Waals surface area contributed by atoms with Crippen molar-refractivity contribution in [1.29, 1.82) is 0 Å². The Hall–Kier alpha value is -2.30. The van der Waals surface area contributed by atoms with Gasteiger partial charge in [0.2, 0.25) is 5.91 Å². The summed E-state index contributed by atoms with van der Waals surface area (Å²) in [5.74, 6) is -0.0858. The van der Waals surface area contributed by atoms with Crippen LogP contribution in [0.25, 0.3) is 6.08 Å². The van der Waals surface area contributed by atoms with E-state index < -0.39 is 11.7 Å². The van der Waals surface area contributed by atoms with Crippen molar-refractivity contribution >= 4 is 18.1 Å². The zero-order chi connectivity index (χ0) is 16.6. The van der Waals surface area contributed by atoms with Gasteiger partial charge in [0.1, 0.15) is 5.60 Å². The average molecular weight is 304 g/mol. The second-order valence-corrected chi connectivity index (χ2v) is 5.90. The van der Waals surface area contributed by atoms with Crippen LogP contribution in [0.15, 0.2) is 30.8 Å². The van der Waals surface area contributed by atoms with E-state index in [9.17, 15) is 9.59 Å². The van der Waals surface area contributed by atoms with Crippen molar-refractivity contribution < 1.29 is 14.3 Å². The van der Waals surface area contributed by atoms with Crippen LogP contribution in [-0.4, -0.2) is 30.7 Å². The van der Waals surface area contributed by atoms with E-state index in [0.717, 1.165) is 11.1 Å². The topological polar surface area (TPSA) is 67.4 Å². The molecule has 1 rings (SSSR count). The maximum absolute atomic E-state index is 11.8. The molecule has 0 saturated carbocycles. The van der Waals surface area contributed by atoms with Gasteiger partial charge in [0.05, 0.1) is 6.42 Å². The van der Waals surface area contributed by atoms with Gasteiger partial charge in [-0.1, -0.05) is 36.9 Å². The largest absolute Gasteiger partial charge is 0.444 e. The molecule has 0 unspecified atom stereocenters. The van der Waals surface area contributed by atoms with Crippen LogP contribution >= 0.6 is 0 Å². The van der Waals surface area contributed by atoms with Gasteiger partial charge in [-0.25, -0.2) is 4.79 Å². The first-order valence-electron chi connectivity index (χ1n) is 7.25. The predicted octanol–water partition coefficient (Wildman–Crippen LogP) is 2.51. The Labute approximate surface area is 131 Å². The molecule has 1 aromatic carbocycles. The summed E-state index contributed by atoms with van der Waals surface area (Å²) in [6.45, 7) is 9.77. The summed E-state index contributed by atoms with van der Waals surface area (Å²) >= 11 is 0. The second-order valence-electron chi connectivity index (χ2n) is 5.90. The number of benzene rings is 1. The molecule has 0 saturated heterocycles. The van der Waals surface area contributed by atoms with Crippen molar-refractivity contribution in [1.82, 2.24) is 10.6 Å². The summed E-state index contributed by atoms with van der Waals surface area (Å²) in [5, 5.41) is 5.34. The molecule has 0 aromatic heterocycles. The number of hydrogen-bond acceptors (Lipinski definition) is 3. The Kier molecular flexibility index (Phi) is 6.63. The fourth-order valence-electron chi connectivity index (χ4n) is 1.70. The Bertz CT molecular complexity index is 516. The van der Waals surface area contributed by atoms with Gasteiger partial charge in [-0.05, 0) is 31.9 Å². The molecule has 0 bridgehead atoms. The number of rotatable bonds is 6. The van der Waals surface area contributed by atoms with Crippen molar-refractivity contribution in [3.63, 3.8) is 0 Å². The summed E-state index contributed by atoms with van der Waals surface area (Å²) in [5.41, 5.74) is 1.43. The molecule has 0 fully saturated rings. The number of alkyl carbamates (subject to hydrolysis) is 1. The lowest BCUT2D eigenvalue weighted by Crippen LogP contribution is -2.38. The Morgan fingerprint density at radius 2 is 1.73 bits per heavy atom. The van der Waals surface area contributed by atoms with Gasteiger partial charge in [-0.15, -0.1) is 0 Å². The molecule has 0 aliphatic heterocycles. The van der Waals surface area contributed by atoms with E-state index in [0.29, 0.717) is 19.5 Å². The molecule has 5 heteroatoms. The maximum Gasteiger partial charge on any atom is 0.407 e. The highest BCUT2D eigenvalue weighted by Crippen LogP contribution is 2.06. The Morgan fingerprint density at radius 1 is 1.14 bits per heavy atom. The minimum Gasteiger partial charge on any atom is -0.444 e. The van der Waals surface area contributed by atoms with E-state index in [2.05, 4.69) is 17.2 Å². The monoisotopic (exact) mass is 304 g/mol. The molecule has 5 nitrogen and oxygen atoms in total. The number of amides is 2. The van der Waals surface area contributed by atoms with Gasteiger partial charge < -0.3 is 15.4 Å². The fraction of sp³-hybridized carbons (Fsp3) is 0.412. The molecule has 22 heavy (non-hydrogen) atoms. The van der Waals surface area contributed by atoms with E-state index in [1.54, 1.807) is 26.8 Å². The highest BCUT2D eigenvalue weighted by Gasteiger charge is 2.15. The molecule has 2 N–H and O–H groups in total. The van der Waals surface area contributed by atoms with Gasteiger partial charge in [0.25, 0.3) is 0 Å². The molecule has 2 amide bonds. The molecule has 0 spiro atoms. The van der Waals surface area contributed by atoms with Gasteiger partial charge in [0, 0.05) is 13.1 Å². The number of hydrogen-bond donors (Lipinski definition) is 2. The minimum atomic E-state index is -0.523. The van der Waals surface area contributed by atoms with Gasteiger partial charge in [-0.2, -0.15) is 0 Å². The fourth-order valence-corrected chi connectivity index (χ4v) is 1.70. The standard InChI is InChI=1S/C17H24N2O3/c1-5-13-6-8-14(9-7-13)12-15(20)18-10-11-19-16(21)22-17(2,3)4/h5-9H,1,10-12H2,2-4H3,(H,18,20)(H,19,21). The quantitative estimate of drug-likeness (QED) is 0.794. The summed E-state index contributed by atoms with van der Waals surface area (Å²) < 4.78 is 5.09. The second kappa shape index (κ2) is 8.22. The third-order valence-corrected chi connectivity index (χ3v) is 2.70. The molecular formula is C17H24N2O3. The highest BCUT2D eigenvalue weighted by molar-refractivity contribution is 5.78. The third-order valence-electron chi connectivity index (χ3n) is 2.70. The molecule has 0 heterocycles. The smallest absolute Gasteiger partial charge is 0.407 e. The first-order chi connectivity index (χ1) is 10.3. The lowest BCUT2D eigenvalue weighted by atomic mass is 10.1. The van der Waals surface area contributed by atoms with Crippen LogP contribution in [0.1, 0.15) is 31.9 Å². The van der Waals surface area contributed by atoms with Crippen molar-refractivity contribution in [2.75, 3.05) is 13.1 Å². The van der Waals surface area contributed by atoms with Crippen LogP contribution in [-0.2, 0) is 16.0 Å². The number of ether oxygens (including phenoxy) is 1. The minimum absolute atomic E-state index is 0.0858. The Morgan fingerprint density at radius 3 is 2.27 bits per heavy atom. The number of carbonyl (C=O) groups excluding carboxylic acids is 2. The van der Waals surface area contributed by atoms with Crippen LogP contribution in [0.2, 0.25) is 0 Å². The molecular weight excluding hydrogens is 280 g/mol. The predicted molar refractivity (Wildman–Crippen MR) is 87.5 cm³/mol. The summed E-state index contributed by atoms with van der Waals surface area (Å²) in [6.07, 6.45) is 1.58. The van der Waals surface area contributed by atoms with Crippen LogP contribution in [0.3, 0.4) is 0 Å². The van der Waals surface area contributed by atoms with Gasteiger partial charge in [-0.3, -0.25) is 4.79 Å². The van der Waals surface area contributed by atoms with Crippen LogP contribution in [0.5, 0.6) is 0 Å². The van der Waals surface area contributed by atoms with E-state index in [1.165, 1.54) is 0 Å². The summed E-state index contributed by atoms with van der Waals surface area (Å²) in [6, 6.07) is 7.63. The van der Waals surface area contributed by atoms with Gasteiger partial charge in [0.15, 0.2) is 0 Å². The SMILES string of the molecule is C=Cc1ccc(CC(=O)NCCNC(=O)OC(C)(C)C)cc1. The lowest BCUT2D eigenvalue weighted by molar-refractivity contribution is -0.120. The lowest BCUT2D eigenvalue weighted by Gasteiger charge is -2.19. The molecule has 120 valence electrons. The molecule has 0 atom stereocenters. The average Bonchev–Trinajstić information content (AvgIpc) is 2.42. The zero-order valence-electron chi connectivity index (χ0n) is 13.4. The zero-order valence-corrected chi connectivity index (χ0v) is 13.4. The van der Waals surface area contributed by atoms with Crippen molar-refractivity contribution in [2.45, 2.75) is 32.8 Å². The van der Waals surface area contributed by atoms with Crippen LogP contribution < -0.4 is 10.6 Å². The molecule has 0 aliphatic rings. The van der Waals surface area contributed by atoms with E-state index in [1.807, 2.05) is 24.3 Å². The first-order valence-corrected chi connectivity index (χ1v) is 7.25. The number of nitrogens with one attached hydrogen (secondary N) is 2. The summed E-state index contributed by atoms with van der Waals surface area (Å²) in [4.78, 5) is 23.2. The molecule has 0 aliphatic carbocycles. The maximum atomic E-state index is 11.8. The van der Waals surface area contributed by atoms with E-state index >= 15 is 0 Å². The Balaban J connectivity index is 2.23. The van der Waals surface area contributed by atoms with Crippen molar-refractivity contribution in [2.24, 2.45) is 0 Å². The van der Waals surface area contributed by atoms with Crippen molar-refractivity contribution in [3.05, 3.63) is 42.0 Å². The highest BCUT2D eigenvalue weighted by atomic mass is 16.6. The molecule has 1 aromatic rings. The van der Waals surface area contributed by atoms with Crippen LogP contribution in [0.4, 0.5) is 4.79 Å². The third kappa shape index (κ3) is 7.47. The molecule has 0 radical (unpaired) electrons. The van der Waals surface area contributed by atoms with E-state index in [-0.39, 0.29) is 5.91 Å². The summed E-state index contributed by atoms with van der Waals surface area (Å²) in [7, 11) is 0. The van der Waals surface area contributed by atoms with E-state index in [4.69, 9.17) is 4.74 Å². The normalized spacial score (nSPS) is 10.7. The van der Waals surface area contributed by atoms with Crippen LogP contribution in [0, 0.1) is 0 Å². The van der Waals surface area contributed by atoms with Gasteiger partial charge >= 0.3 is 6.09 Å². The first kappa shape index (κ1) is 17.8. The van der Waals surface area contributed by atoms with Crippen molar-refractivity contribution in [3.8, 4) is 0 Å². The number of carbonyl (C=O) groups is 2.